The third-order valence-corrected chi connectivity index (χ3v) is 4.47. The minimum Gasteiger partial charge on any atom is -0.497 e. The average molecular weight is 317 g/mol. The fourth-order valence-corrected chi connectivity index (χ4v) is 3.27. The maximum Gasteiger partial charge on any atom is 0.118 e. The van der Waals surface area contributed by atoms with Crippen LogP contribution in [0.2, 0.25) is 0 Å². The Labute approximate surface area is 141 Å². The minimum atomic E-state index is 0.0173. The number of benzene rings is 3. The maximum atomic E-state index is 6.04. The summed E-state index contributed by atoms with van der Waals surface area (Å²) in [5, 5.41) is 3.60. The van der Waals surface area contributed by atoms with Crippen LogP contribution in [-0.4, -0.2) is 7.11 Å². The van der Waals surface area contributed by atoms with Crippen LogP contribution in [-0.2, 0) is 0 Å². The van der Waals surface area contributed by atoms with Gasteiger partial charge in [-0.2, -0.15) is 0 Å². The van der Waals surface area contributed by atoms with Crippen molar-refractivity contribution in [3.8, 4) is 16.9 Å². The quantitative estimate of drug-likeness (QED) is 0.624. The van der Waals surface area contributed by atoms with E-state index in [9.17, 15) is 0 Å². The van der Waals surface area contributed by atoms with Gasteiger partial charge < -0.3 is 21.5 Å². The zero-order valence-corrected chi connectivity index (χ0v) is 13.4. The molecule has 1 unspecified atom stereocenters. The summed E-state index contributed by atoms with van der Waals surface area (Å²) >= 11 is 0. The summed E-state index contributed by atoms with van der Waals surface area (Å²) in [6.45, 7) is 0. The average Bonchev–Trinajstić information content (AvgIpc) is 2.60. The van der Waals surface area contributed by atoms with Gasteiger partial charge >= 0.3 is 0 Å². The van der Waals surface area contributed by atoms with E-state index in [1.54, 1.807) is 7.11 Å². The van der Waals surface area contributed by atoms with Crippen molar-refractivity contribution < 1.29 is 4.74 Å². The molecule has 0 spiro atoms. The maximum absolute atomic E-state index is 6.04. The van der Waals surface area contributed by atoms with Crippen molar-refractivity contribution in [3.05, 3.63) is 71.8 Å². The molecule has 0 radical (unpaired) electrons. The summed E-state index contributed by atoms with van der Waals surface area (Å²) in [5.41, 5.74) is 19.2. The highest BCUT2D eigenvalue weighted by molar-refractivity contribution is 5.87. The van der Waals surface area contributed by atoms with Crippen LogP contribution in [0.3, 0.4) is 0 Å². The van der Waals surface area contributed by atoms with Crippen molar-refractivity contribution in [1.82, 2.24) is 0 Å². The third-order valence-electron chi connectivity index (χ3n) is 4.47. The lowest BCUT2D eigenvalue weighted by Crippen LogP contribution is -2.18. The van der Waals surface area contributed by atoms with Crippen LogP contribution in [0.15, 0.2) is 60.7 Å². The Hall–Kier alpha value is -3.14. The van der Waals surface area contributed by atoms with E-state index in [1.807, 2.05) is 36.4 Å². The monoisotopic (exact) mass is 317 g/mol. The van der Waals surface area contributed by atoms with Gasteiger partial charge in [-0.1, -0.05) is 24.3 Å². The second-order valence-electron chi connectivity index (χ2n) is 6.00. The Morgan fingerprint density at radius 1 is 0.833 bits per heavy atom. The first-order valence-electron chi connectivity index (χ1n) is 7.85. The molecular weight excluding hydrogens is 298 g/mol. The van der Waals surface area contributed by atoms with Gasteiger partial charge in [0.2, 0.25) is 0 Å². The number of rotatable bonds is 2. The van der Waals surface area contributed by atoms with E-state index in [0.29, 0.717) is 0 Å². The molecule has 3 aromatic rings. The number of nitrogens with one attached hydrogen (secondary N) is 1. The molecule has 1 atom stereocenters. The summed E-state index contributed by atoms with van der Waals surface area (Å²) in [4.78, 5) is 0. The van der Waals surface area contributed by atoms with Crippen LogP contribution < -0.4 is 21.5 Å². The Kier molecular flexibility index (Phi) is 3.31. The lowest BCUT2D eigenvalue weighted by molar-refractivity contribution is 0.414. The molecule has 0 amide bonds. The molecule has 0 aromatic heterocycles. The molecule has 4 nitrogen and oxygen atoms in total. The number of methoxy groups -OCH3 is 1. The lowest BCUT2D eigenvalue weighted by Gasteiger charge is -2.30. The zero-order chi connectivity index (χ0) is 16.7. The van der Waals surface area contributed by atoms with E-state index in [1.165, 1.54) is 5.56 Å². The number of anilines is 3. The van der Waals surface area contributed by atoms with Crippen LogP contribution in [0.4, 0.5) is 17.1 Å². The van der Waals surface area contributed by atoms with Crippen LogP contribution in [0.25, 0.3) is 11.1 Å². The van der Waals surface area contributed by atoms with Crippen molar-refractivity contribution >= 4 is 17.1 Å². The van der Waals surface area contributed by atoms with Crippen molar-refractivity contribution in [2.24, 2.45) is 0 Å². The molecule has 24 heavy (non-hydrogen) atoms. The van der Waals surface area contributed by atoms with E-state index >= 15 is 0 Å². The van der Waals surface area contributed by atoms with E-state index in [4.69, 9.17) is 16.2 Å². The second-order valence-corrected chi connectivity index (χ2v) is 6.00. The smallest absolute Gasteiger partial charge is 0.118 e. The Balaban J connectivity index is 1.88. The molecule has 4 rings (SSSR count). The van der Waals surface area contributed by atoms with Gasteiger partial charge in [0, 0.05) is 22.6 Å². The Morgan fingerprint density at radius 3 is 2.21 bits per heavy atom. The van der Waals surface area contributed by atoms with Crippen LogP contribution >= 0.6 is 0 Å². The van der Waals surface area contributed by atoms with Gasteiger partial charge in [0.15, 0.2) is 0 Å². The van der Waals surface area contributed by atoms with Gasteiger partial charge in [-0.05, 0) is 53.1 Å². The van der Waals surface area contributed by atoms with Crippen LogP contribution in [0.5, 0.6) is 5.75 Å². The topological polar surface area (TPSA) is 73.3 Å². The molecule has 1 aliphatic heterocycles. The van der Waals surface area contributed by atoms with E-state index in [-0.39, 0.29) is 6.04 Å². The van der Waals surface area contributed by atoms with Crippen molar-refractivity contribution in [2.45, 2.75) is 6.04 Å². The molecule has 0 saturated carbocycles. The molecule has 0 fully saturated rings. The van der Waals surface area contributed by atoms with Gasteiger partial charge in [0.05, 0.1) is 13.2 Å². The fraction of sp³-hybridized carbons (Fsp3) is 0.100. The molecule has 0 aliphatic carbocycles. The van der Waals surface area contributed by atoms with Gasteiger partial charge in [-0.3, -0.25) is 0 Å². The number of nitrogen functional groups attached to an aromatic ring is 2. The van der Waals surface area contributed by atoms with Crippen molar-refractivity contribution in [3.63, 3.8) is 0 Å². The summed E-state index contributed by atoms with van der Waals surface area (Å²) in [5.74, 6) is 0.840. The van der Waals surface area contributed by atoms with Gasteiger partial charge in [-0.15, -0.1) is 0 Å². The van der Waals surface area contributed by atoms with Crippen LogP contribution in [0.1, 0.15) is 17.2 Å². The predicted molar refractivity (Wildman–Crippen MR) is 99.2 cm³/mol. The molecule has 120 valence electrons. The Morgan fingerprint density at radius 2 is 1.50 bits per heavy atom. The highest BCUT2D eigenvalue weighted by Gasteiger charge is 2.25. The zero-order valence-electron chi connectivity index (χ0n) is 13.4. The summed E-state index contributed by atoms with van der Waals surface area (Å²) in [6, 6.07) is 20.1. The van der Waals surface area contributed by atoms with Crippen LogP contribution in [0, 0.1) is 0 Å². The molecule has 0 bridgehead atoms. The molecule has 4 heteroatoms. The molecule has 1 aliphatic rings. The summed E-state index contributed by atoms with van der Waals surface area (Å²) < 4.78 is 5.26. The molecular formula is C20H19N3O. The normalized spacial score (nSPS) is 15.1. The predicted octanol–water partition coefficient (Wildman–Crippen LogP) is 4.04. The van der Waals surface area contributed by atoms with E-state index in [2.05, 4.69) is 29.6 Å². The summed E-state index contributed by atoms with van der Waals surface area (Å²) in [7, 11) is 1.67. The van der Waals surface area contributed by atoms with Gasteiger partial charge in [0.1, 0.15) is 5.75 Å². The fourth-order valence-electron chi connectivity index (χ4n) is 3.27. The van der Waals surface area contributed by atoms with Crippen molar-refractivity contribution in [1.29, 1.82) is 0 Å². The van der Waals surface area contributed by atoms with Gasteiger partial charge in [0.25, 0.3) is 0 Å². The van der Waals surface area contributed by atoms with E-state index < -0.39 is 0 Å². The minimum absolute atomic E-state index is 0.0173. The van der Waals surface area contributed by atoms with Crippen molar-refractivity contribution in [2.75, 3.05) is 23.9 Å². The number of fused-ring (bicyclic) bond motifs is 3. The molecule has 1 heterocycles. The number of hydrogen-bond acceptors (Lipinski definition) is 4. The number of nitrogens with two attached hydrogens (primary N) is 2. The SMILES string of the molecule is COc1ccc(C2Nc3cc(N)ccc3-c3ccc(N)cc32)cc1. The first kappa shape index (κ1) is 14.5. The Bertz CT molecular complexity index is 903. The third kappa shape index (κ3) is 2.33. The largest absolute Gasteiger partial charge is 0.497 e. The molecule has 3 aromatic carbocycles. The number of ether oxygens (including phenoxy) is 1. The highest BCUT2D eigenvalue weighted by Crippen LogP contribution is 2.44. The first-order chi connectivity index (χ1) is 11.7. The lowest BCUT2D eigenvalue weighted by atomic mass is 9.86. The van der Waals surface area contributed by atoms with Gasteiger partial charge in [-0.25, -0.2) is 0 Å². The summed E-state index contributed by atoms with van der Waals surface area (Å²) in [6.07, 6.45) is 0. The highest BCUT2D eigenvalue weighted by atomic mass is 16.5. The first-order valence-corrected chi connectivity index (χ1v) is 7.85. The standard InChI is InChI=1S/C20H19N3O/c1-24-15-6-2-12(3-7-15)20-18-10-13(21)4-8-16(18)17-9-5-14(22)11-19(17)23-20/h2-11,20,23H,21-22H2,1H3. The second kappa shape index (κ2) is 5.49. The molecule has 5 N–H and O–H groups in total. The number of hydrogen-bond donors (Lipinski definition) is 3. The molecule has 0 saturated heterocycles. The van der Waals surface area contributed by atoms with E-state index in [0.717, 1.165) is 39.5 Å².